The monoisotopic (exact) mass is 208 g/mol. The molecule has 0 heterocycles. The molecule has 0 radical (unpaired) electrons. The topological polar surface area (TPSA) is 178 Å². The molecule has 0 aliphatic rings. The zero-order valence-electron chi connectivity index (χ0n) is 5.11. The van der Waals surface area contributed by atoms with Crippen LogP contribution in [-0.4, -0.2) is 43.7 Å². The van der Waals surface area contributed by atoms with Crippen molar-refractivity contribution in [3.8, 4) is 0 Å². The Morgan fingerprint density at radius 3 is 0.727 bits per heavy atom. The van der Waals surface area contributed by atoms with Crippen LogP contribution < -0.4 is 0 Å². The number of hydrogen-bond donors (Lipinski definition) is 4. The molecule has 0 aromatic heterocycles. The third kappa shape index (κ3) is 693. The molecule has 0 saturated heterocycles. The largest absolute Gasteiger partial charge is 0.503 e. The van der Waals surface area contributed by atoms with Crippen LogP contribution in [0, 0.1) is 0 Å². The Bertz CT molecular complexity index is 70.1. The van der Waals surface area contributed by atoms with Crippen LogP contribution in [0.3, 0.4) is 0 Å². The van der Waals surface area contributed by atoms with Gasteiger partial charge >= 0.3 is 12.3 Å². The van der Waals surface area contributed by atoms with Gasteiger partial charge in [0.05, 0.1) is 0 Å². The van der Waals surface area contributed by atoms with E-state index in [2.05, 4.69) is 0 Å². The fourth-order valence-electron chi connectivity index (χ4n) is 0. The van der Waals surface area contributed by atoms with E-state index in [0.29, 0.717) is 0 Å². The first-order valence-electron chi connectivity index (χ1n) is 1.30. The number of rotatable bonds is 0. The third-order valence-electron chi connectivity index (χ3n) is 0. The van der Waals surface area contributed by atoms with Crippen LogP contribution in [0.15, 0.2) is 0 Å². The number of carbonyl (C=O) groups is 2. The summed E-state index contributed by atoms with van der Waals surface area (Å²) in [5, 5.41) is 27.9. The zero-order chi connectivity index (χ0) is 7.15. The van der Waals surface area contributed by atoms with Crippen molar-refractivity contribution >= 4 is 12.3 Å². The molecule has 8 nitrogen and oxygen atoms in total. The maximum absolute atomic E-state index is 8.56. The van der Waals surface area contributed by atoms with E-state index < -0.39 is 12.3 Å². The van der Waals surface area contributed by atoms with Crippen molar-refractivity contribution in [3.05, 3.63) is 0 Å². The molecule has 0 saturated carbocycles. The molecule has 68 valence electrons. The second-order valence-electron chi connectivity index (χ2n) is 0.565. The first-order valence-corrected chi connectivity index (χ1v) is 1.30. The molecule has 0 rings (SSSR count). The predicted molar refractivity (Wildman–Crippen MR) is 28.5 cm³/mol. The van der Waals surface area contributed by atoms with Gasteiger partial charge in [-0.25, -0.2) is 9.59 Å². The van der Waals surface area contributed by atoms with Crippen molar-refractivity contribution in [2.75, 3.05) is 0 Å². The van der Waals surface area contributed by atoms with E-state index in [1.165, 1.54) is 0 Å². The van der Waals surface area contributed by atoms with Crippen LogP contribution in [0.2, 0.25) is 0 Å². The van der Waals surface area contributed by atoms with Crippen molar-refractivity contribution in [1.82, 2.24) is 0 Å². The van der Waals surface area contributed by atoms with Crippen LogP contribution in [0.4, 0.5) is 9.59 Å². The van der Waals surface area contributed by atoms with Gasteiger partial charge in [-0.2, -0.15) is 0 Å². The minimum absolute atomic E-state index is 0. The quantitative estimate of drug-likeness (QED) is 0.362. The van der Waals surface area contributed by atoms with Crippen LogP contribution in [0.5, 0.6) is 0 Å². The Hall–Kier alpha value is -0.826. The Kier molecular flexibility index (Phi) is 66.6. The minimum atomic E-state index is -1.83. The molecule has 0 aromatic carbocycles. The van der Waals surface area contributed by atoms with Gasteiger partial charge in [-0.3, -0.25) is 0 Å². The van der Waals surface area contributed by atoms with Gasteiger partial charge in [-0.05, 0) is 0 Å². The molecule has 0 aliphatic heterocycles. The molecule has 0 spiro atoms. The van der Waals surface area contributed by atoms with Gasteiger partial charge in [0.1, 0.15) is 0 Å². The van der Waals surface area contributed by atoms with Gasteiger partial charge in [0.15, 0.2) is 0 Å². The van der Waals surface area contributed by atoms with E-state index in [1.807, 2.05) is 0 Å². The first kappa shape index (κ1) is 32.0. The van der Waals surface area contributed by atoms with Gasteiger partial charge in [0.25, 0.3) is 0 Å². The summed E-state index contributed by atoms with van der Waals surface area (Å²) in [5.41, 5.74) is 0. The van der Waals surface area contributed by atoms with Gasteiger partial charge in [-0.15, -0.1) is 0 Å². The van der Waals surface area contributed by atoms with Gasteiger partial charge in [0.2, 0.25) is 0 Å². The Morgan fingerprint density at radius 1 is 0.727 bits per heavy atom. The number of hydrogen-bond acceptors (Lipinski definition) is 2. The summed E-state index contributed by atoms with van der Waals surface area (Å²) in [5.74, 6) is 0. The van der Waals surface area contributed by atoms with Crippen molar-refractivity contribution < 1.29 is 62.7 Å². The molecule has 0 amide bonds. The summed E-state index contributed by atoms with van der Waals surface area (Å²) in [7, 11) is 0. The predicted octanol–water partition coefficient (Wildman–Crippen LogP) is -1.21. The van der Waals surface area contributed by atoms with Crippen molar-refractivity contribution in [2.45, 2.75) is 0 Å². The Balaban J connectivity index is -0.0000000171. The van der Waals surface area contributed by atoms with Crippen LogP contribution in [-0.2, 0) is 21.7 Å². The Morgan fingerprint density at radius 2 is 0.727 bits per heavy atom. The molecule has 0 unspecified atom stereocenters. The molecular weight excluding hydrogens is 200 g/mol. The summed E-state index contributed by atoms with van der Waals surface area (Å²) in [6, 6.07) is 0. The molecule has 11 heavy (non-hydrogen) atoms. The second kappa shape index (κ2) is 22.9. The molecule has 0 fully saturated rings. The maximum Gasteiger partial charge on any atom is 0.503 e. The van der Waals surface area contributed by atoms with Gasteiger partial charge in [-0.1, -0.05) is 0 Å². The zero-order valence-corrected chi connectivity index (χ0v) is 6.67. The van der Waals surface area contributed by atoms with E-state index >= 15 is 0 Å². The SMILES string of the molecule is O.O.O=C(O)O.O=C(O)O.[Ti]. The fourth-order valence-corrected chi connectivity index (χ4v) is 0. The normalized spacial score (nSPS) is 4.36. The average Bonchev–Trinajstić information content (AvgIpc) is 1.25. The molecule has 0 aromatic rings. The molecule has 0 bridgehead atoms. The van der Waals surface area contributed by atoms with Crippen LogP contribution in [0.1, 0.15) is 0 Å². The summed E-state index contributed by atoms with van der Waals surface area (Å²) in [4.78, 5) is 17.1. The maximum atomic E-state index is 8.56. The second-order valence-corrected chi connectivity index (χ2v) is 0.565. The van der Waals surface area contributed by atoms with Crippen molar-refractivity contribution in [2.24, 2.45) is 0 Å². The molecule has 9 heteroatoms. The van der Waals surface area contributed by atoms with Crippen LogP contribution >= 0.6 is 0 Å². The van der Waals surface area contributed by atoms with Crippen LogP contribution in [0.25, 0.3) is 0 Å². The van der Waals surface area contributed by atoms with Gasteiger partial charge < -0.3 is 31.4 Å². The average molecular weight is 208 g/mol. The van der Waals surface area contributed by atoms with E-state index in [9.17, 15) is 0 Å². The molecular formula is C2H8O8Ti. The smallest absolute Gasteiger partial charge is 0.450 e. The molecule has 8 N–H and O–H groups in total. The Labute approximate surface area is 75.6 Å². The van der Waals surface area contributed by atoms with E-state index in [0.717, 1.165) is 0 Å². The standard InChI is InChI=1S/2CH2O3.2H2O.Ti/c2*2-1(3)4;;;/h2*(H2,2,3,4);2*1H2;. The third-order valence-corrected chi connectivity index (χ3v) is 0. The van der Waals surface area contributed by atoms with Gasteiger partial charge in [0, 0.05) is 21.7 Å². The fraction of sp³-hybridized carbons (Fsp3) is 0. The van der Waals surface area contributed by atoms with E-state index in [1.54, 1.807) is 0 Å². The van der Waals surface area contributed by atoms with E-state index in [4.69, 9.17) is 30.0 Å². The first-order chi connectivity index (χ1) is 3.46. The van der Waals surface area contributed by atoms with Crippen molar-refractivity contribution in [3.63, 3.8) is 0 Å². The van der Waals surface area contributed by atoms with Crippen molar-refractivity contribution in [1.29, 1.82) is 0 Å². The summed E-state index contributed by atoms with van der Waals surface area (Å²) >= 11 is 0. The summed E-state index contributed by atoms with van der Waals surface area (Å²) in [6.45, 7) is 0. The number of carboxylic acid groups (broad SMARTS) is 4. The molecule has 0 atom stereocenters. The summed E-state index contributed by atoms with van der Waals surface area (Å²) in [6.07, 6.45) is -3.67. The summed E-state index contributed by atoms with van der Waals surface area (Å²) < 4.78 is 0. The minimum Gasteiger partial charge on any atom is -0.450 e. The molecule has 0 aliphatic carbocycles. The van der Waals surface area contributed by atoms with E-state index in [-0.39, 0.29) is 32.7 Å².